The van der Waals surface area contributed by atoms with Crippen molar-refractivity contribution in [1.82, 2.24) is 14.9 Å². The zero-order valence-electron chi connectivity index (χ0n) is 10.0. The molecule has 1 aliphatic carbocycles. The first-order valence-electron chi connectivity index (χ1n) is 6.27. The number of nitrogens with zero attached hydrogens (tertiary/aromatic N) is 2. The van der Waals surface area contributed by atoms with E-state index in [0.29, 0.717) is 12.1 Å². The van der Waals surface area contributed by atoms with E-state index in [1.165, 1.54) is 18.5 Å². The summed E-state index contributed by atoms with van der Waals surface area (Å²) in [5, 5.41) is 3.60. The van der Waals surface area contributed by atoms with Gasteiger partial charge in [-0.1, -0.05) is 0 Å². The maximum atomic E-state index is 5.89. The number of nitrogens with one attached hydrogen (secondary N) is 1. The molecule has 0 aliphatic heterocycles. The van der Waals surface area contributed by atoms with Crippen LogP contribution >= 0.6 is 0 Å². The molecule has 1 aromatic rings. The van der Waals surface area contributed by atoms with E-state index in [0.717, 1.165) is 25.9 Å². The normalized spacial score (nSPS) is 25.9. The van der Waals surface area contributed by atoms with E-state index in [9.17, 15) is 0 Å². The van der Waals surface area contributed by atoms with Crippen molar-refractivity contribution in [2.75, 3.05) is 0 Å². The van der Waals surface area contributed by atoms with Gasteiger partial charge in [-0.25, -0.2) is 4.98 Å². The van der Waals surface area contributed by atoms with Crippen molar-refractivity contribution < 1.29 is 0 Å². The van der Waals surface area contributed by atoms with Crippen LogP contribution in [0.4, 0.5) is 0 Å². The van der Waals surface area contributed by atoms with Gasteiger partial charge in [-0.05, 0) is 32.6 Å². The fourth-order valence-corrected chi connectivity index (χ4v) is 2.35. The molecule has 0 atom stereocenters. The second kappa shape index (κ2) is 5.46. The molecule has 2 rings (SSSR count). The summed E-state index contributed by atoms with van der Waals surface area (Å²) < 4.78 is 2.18. The van der Waals surface area contributed by atoms with Crippen molar-refractivity contribution >= 4 is 0 Å². The van der Waals surface area contributed by atoms with Crippen molar-refractivity contribution in [2.45, 2.75) is 57.8 Å². The van der Waals surface area contributed by atoms with E-state index >= 15 is 0 Å². The standard InChI is InChI=1S/C12H22N4/c1-2-16-9-14-7-12(16)8-15-11-5-3-10(13)4-6-11/h7,9-11,15H,2-6,8,13H2,1H3. The molecule has 1 saturated carbocycles. The van der Waals surface area contributed by atoms with Crippen molar-refractivity contribution in [3.8, 4) is 0 Å². The minimum absolute atomic E-state index is 0.430. The lowest BCUT2D eigenvalue weighted by Gasteiger charge is -2.27. The number of aromatic nitrogens is 2. The molecule has 1 heterocycles. The number of imidazole rings is 1. The Labute approximate surface area is 97.2 Å². The molecule has 4 heteroatoms. The summed E-state index contributed by atoms with van der Waals surface area (Å²) in [6.45, 7) is 4.06. The first-order valence-corrected chi connectivity index (χ1v) is 6.27. The van der Waals surface area contributed by atoms with Gasteiger partial charge in [-0.15, -0.1) is 0 Å². The van der Waals surface area contributed by atoms with Crippen LogP contribution in [0, 0.1) is 0 Å². The minimum atomic E-state index is 0.430. The van der Waals surface area contributed by atoms with Crippen LogP contribution in [0.5, 0.6) is 0 Å². The highest BCUT2D eigenvalue weighted by atomic mass is 15.1. The lowest BCUT2D eigenvalue weighted by atomic mass is 9.92. The fourth-order valence-electron chi connectivity index (χ4n) is 2.35. The highest BCUT2D eigenvalue weighted by Crippen LogP contribution is 2.17. The first-order chi connectivity index (χ1) is 7.79. The topological polar surface area (TPSA) is 55.9 Å². The SMILES string of the molecule is CCn1cncc1CNC1CCC(N)CC1. The number of nitrogens with two attached hydrogens (primary N) is 1. The van der Waals surface area contributed by atoms with Crippen LogP contribution in [0.25, 0.3) is 0 Å². The van der Waals surface area contributed by atoms with Crippen LogP contribution in [-0.2, 0) is 13.1 Å². The summed E-state index contributed by atoms with van der Waals surface area (Å²) in [7, 11) is 0. The largest absolute Gasteiger partial charge is 0.334 e. The summed E-state index contributed by atoms with van der Waals surface area (Å²) in [4.78, 5) is 4.17. The lowest BCUT2D eigenvalue weighted by Crippen LogP contribution is -2.37. The van der Waals surface area contributed by atoms with E-state index in [4.69, 9.17) is 5.73 Å². The van der Waals surface area contributed by atoms with Gasteiger partial charge in [0, 0.05) is 31.4 Å². The van der Waals surface area contributed by atoms with Crippen LogP contribution in [0.15, 0.2) is 12.5 Å². The van der Waals surface area contributed by atoms with E-state index in [2.05, 4.69) is 21.8 Å². The molecular formula is C12H22N4. The van der Waals surface area contributed by atoms with Crippen LogP contribution in [-0.4, -0.2) is 21.6 Å². The Morgan fingerprint density at radius 2 is 2.19 bits per heavy atom. The van der Waals surface area contributed by atoms with E-state index < -0.39 is 0 Å². The molecule has 0 spiro atoms. The second-order valence-corrected chi connectivity index (χ2v) is 4.66. The van der Waals surface area contributed by atoms with E-state index in [1.807, 2.05) is 12.5 Å². The monoisotopic (exact) mass is 222 g/mol. The summed E-state index contributed by atoms with van der Waals surface area (Å²) in [6.07, 6.45) is 8.58. The molecule has 90 valence electrons. The van der Waals surface area contributed by atoms with Crippen molar-refractivity contribution in [3.05, 3.63) is 18.2 Å². The maximum Gasteiger partial charge on any atom is 0.0948 e. The lowest BCUT2D eigenvalue weighted by molar-refractivity contribution is 0.339. The van der Waals surface area contributed by atoms with E-state index in [-0.39, 0.29) is 0 Å². The zero-order chi connectivity index (χ0) is 11.4. The number of aryl methyl sites for hydroxylation is 1. The average molecular weight is 222 g/mol. The van der Waals surface area contributed by atoms with Gasteiger partial charge in [0.25, 0.3) is 0 Å². The van der Waals surface area contributed by atoms with Crippen molar-refractivity contribution in [3.63, 3.8) is 0 Å². The first kappa shape index (κ1) is 11.6. The third-order valence-corrected chi connectivity index (χ3v) is 3.48. The van der Waals surface area contributed by atoms with Gasteiger partial charge >= 0.3 is 0 Å². The van der Waals surface area contributed by atoms with Crippen molar-refractivity contribution in [1.29, 1.82) is 0 Å². The van der Waals surface area contributed by atoms with Crippen molar-refractivity contribution in [2.24, 2.45) is 5.73 Å². The Morgan fingerprint density at radius 1 is 1.44 bits per heavy atom. The Balaban J connectivity index is 1.79. The van der Waals surface area contributed by atoms with Gasteiger partial charge in [-0.3, -0.25) is 0 Å². The summed E-state index contributed by atoms with van der Waals surface area (Å²) >= 11 is 0. The minimum Gasteiger partial charge on any atom is -0.334 e. The number of hydrogen-bond donors (Lipinski definition) is 2. The number of hydrogen-bond acceptors (Lipinski definition) is 3. The van der Waals surface area contributed by atoms with Crippen LogP contribution in [0.3, 0.4) is 0 Å². The van der Waals surface area contributed by atoms with Gasteiger partial charge in [0.05, 0.1) is 12.0 Å². The molecule has 16 heavy (non-hydrogen) atoms. The molecule has 0 radical (unpaired) electrons. The average Bonchev–Trinajstić information content (AvgIpc) is 2.76. The molecule has 4 nitrogen and oxygen atoms in total. The van der Waals surface area contributed by atoms with Crippen LogP contribution in [0.2, 0.25) is 0 Å². The zero-order valence-corrected chi connectivity index (χ0v) is 10.0. The second-order valence-electron chi connectivity index (χ2n) is 4.66. The summed E-state index contributed by atoms with van der Waals surface area (Å²) in [5.41, 5.74) is 7.17. The predicted octanol–water partition coefficient (Wildman–Crippen LogP) is 1.26. The number of rotatable bonds is 4. The molecule has 0 amide bonds. The third-order valence-electron chi connectivity index (χ3n) is 3.48. The van der Waals surface area contributed by atoms with Crippen LogP contribution < -0.4 is 11.1 Å². The molecule has 0 unspecified atom stereocenters. The summed E-state index contributed by atoms with van der Waals surface area (Å²) in [6, 6.07) is 1.07. The maximum absolute atomic E-state index is 5.89. The Bertz CT molecular complexity index is 313. The fraction of sp³-hybridized carbons (Fsp3) is 0.750. The molecule has 3 N–H and O–H groups in total. The molecule has 1 aliphatic rings. The Kier molecular flexibility index (Phi) is 3.96. The molecule has 1 fully saturated rings. The van der Waals surface area contributed by atoms with Gasteiger partial charge in [-0.2, -0.15) is 0 Å². The highest BCUT2D eigenvalue weighted by molar-refractivity contribution is 4.98. The Hall–Kier alpha value is -0.870. The van der Waals surface area contributed by atoms with Gasteiger partial charge in [0.15, 0.2) is 0 Å². The van der Waals surface area contributed by atoms with Gasteiger partial charge in [0.1, 0.15) is 0 Å². The van der Waals surface area contributed by atoms with Gasteiger partial charge < -0.3 is 15.6 Å². The molecule has 1 aromatic heterocycles. The smallest absolute Gasteiger partial charge is 0.0948 e. The quantitative estimate of drug-likeness (QED) is 0.806. The molecule has 0 aromatic carbocycles. The van der Waals surface area contributed by atoms with Gasteiger partial charge in [0.2, 0.25) is 0 Å². The third kappa shape index (κ3) is 2.83. The molecule has 0 saturated heterocycles. The molecule has 0 bridgehead atoms. The molecular weight excluding hydrogens is 200 g/mol. The highest BCUT2D eigenvalue weighted by Gasteiger charge is 2.17. The van der Waals surface area contributed by atoms with Crippen LogP contribution in [0.1, 0.15) is 38.3 Å². The predicted molar refractivity (Wildman–Crippen MR) is 65.0 cm³/mol. The Morgan fingerprint density at radius 3 is 2.88 bits per heavy atom. The summed E-state index contributed by atoms with van der Waals surface area (Å²) in [5.74, 6) is 0. The van der Waals surface area contributed by atoms with E-state index in [1.54, 1.807) is 0 Å².